The Labute approximate surface area is 157 Å². The summed E-state index contributed by atoms with van der Waals surface area (Å²) < 4.78 is 2.01. The molecule has 1 nitrogen and oxygen atoms in total. The van der Waals surface area contributed by atoms with Gasteiger partial charge in [-0.15, -0.1) is 0 Å². The van der Waals surface area contributed by atoms with Gasteiger partial charge >= 0.3 is 91.8 Å². The molecule has 0 aliphatic rings. The van der Waals surface area contributed by atoms with E-state index in [1.54, 1.807) is 18.5 Å². The van der Waals surface area contributed by atoms with E-state index in [-0.39, 0.29) is 7.92 Å². The van der Waals surface area contributed by atoms with Gasteiger partial charge in [0.25, 0.3) is 0 Å². The van der Waals surface area contributed by atoms with Crippen molar-refractivity contribution in [3.05, 3.63) is 29.6 Å². The van der Waals surface area contributed by atoms with Gasteiger partial charge in [-0.05, 0) is 19.3 Å². The monoisotopic (exact) mass is 466 g/mol. The third-order valence-corrected chi connectivity index (χ3v) is 9.32. The second-order valence-electron chi connectivity index (χ2n) is 5.66. The second kappa shape index (κ2) is 16.1. The Balaban J connectivity index is 0.000000438. The van der Waals surface area contributed by atoms with Crippen LogP contribution >= 0.6 is 27.3 Å². The van der Waals surface area contributed by atoms with E-state index in [2.05, 4.69) is 25.8 Å². The first kappa shape index (κ1) is 23.7. The van der Waals surface area contributed by atoms with Crippen molar-refractivity contribution >= 4 is 31.9 Å². The molecule has 1 rings (SSSR count). The fourth-order valence-corrected chi connectivity index (χ4v) is 6.86. The van der Waals surface area contributed by atoms with E-state index in [4.69, 9.17) is 19.4 Å². The Kier molecular flexibility index (Phi) is 16.6. The van der Waals surface area contributed by atoms with E-state index in [0.29, 0.717) is 0 Å². The van der Waals surface area contributed by atoms with Crippen molar-refractivity contribution in [2.24, 2.45) is 0 Å². The molecule has 0 aromatic carbocycles. The first-order valence-corrected chi connectivity index (χ1v) is 16.2. The predicted molar refractivity (Wildman–Crippen MR) is 109 cm³/mol. The zero-order valence-corrected chi connectivity index (χ0v) is 19.3. The second-order valence-corrected chi connectivity index (χ2v) is 14.6. The van der Waals surface area contributed by atoms with Crippen molar-refractivity contribution in [3.8, 4) is 0 Å². The van der Waals surface area contributed by atoms with Crippen molar-refractivity contribution in [1.29, 1.82) is 0 Å². The minimum atomic E-state index is -1.57. The summed E-state index contributed by atoms with van der Waals surface area (Å²) in [6.07, 6.45) is 10.7. The molecule has 0 unspecified atom stereocenters. The van der Waals surface area contributed by atoms with Crippen LogP contribution in [0, 0.1) is 6.92 Å². The number of hydrogen-bond donors (Lipinski definition) is 0. The van der Waals surface area contributed by atoms with Crippen LogP contribution in [0.1, 0.15) is 57.8 Å². The molecule has 136 valence electrons. The van der Waals surface area contributed by atoms with Gasteiger partial charge < -0.3 is 0 Å². The minimum absolute atomic E-state index is 0.103. The van der Waals surface area contributed by atoms with E-state index in [1.807, 2.05) is 29.7 Å². The number of aryl methyl sites for hydroxylation is 2. The summed E-state index contributed by atoms with van der Waals surface area (Å²) in [5, 5.41) is 0. The Bertz CT molecular complexity index is 423. The van der Waals surface area contributed by atoms with E-state index in [9.17, 15) is 0 Å². The maximum atomic E-state index is 5.71. The third kappa shape index (κ3) is 14.7. The summed E-state index contributed by atoms with van der Waals surface area (Å²) in [7, 11) is 11.5. The van der Waals surface area contributed by atoms with E-state index < -0.39 is 13.5 Å². The molecule has 1 aromatic rings. The summed E-state index contributed by atoms with van der Waals surface area (Å²) in [4.78, 5) is 4.38. The normalized spacial score (nSPS) is 11.0. The number of nitrogens with zero attached hydrogens (tertiary/aromatic N) is 1. The average molecular weight is 466 g/mol. The molecular formula is C18H33Cl2NPRu+. The number of halogens is 2. The molecule has 0 aliphatic carbocycles. The summed E-state index contributed by atoms with van der Waals surface area (Å²) in [5.41, 5.74) is 2.17. The predicted octanol–water partition coefficient (Wildman–Crippen LogP) is 6.48. The van der Waals surface area contributed by atoms with Gasteiger partial charge in [0.05, 0.1) is 18.5 Å². The molecule has 0 spiro atoms. The number of rotatable bonds is 9. The van der Waals surface area contributed by atoms with Gasteiger partial charge in [-0.2, -0.15) is 0 Å². The van der Waals surface area contributed by atoms with Crippen LogP contribution in [0.2, 0.25) is 0 Å². The first-order chi connectivity index (χ1) is 11.0. The van der Waals surface area contributed by atoms with Crippen molar-refractivity contribution < 1.29 is 13.5 Å². The number of pyridine rings is 1. The summed E-state index contributed by atoms with van der Waals surface area (Å²) in [6.45, 7) is 8.94. The Morgan fingerprint density at radius 2 is 1.61 bits per heavy atom. The van der Waals surface area contributed by atoms with Gasteiger partial charge in [0.15, 0.2) is 0 Å². The number of aromatic nitrogens is 1. The Hall–Kier alpha value is 0.653. The van der Waals surface area contributed by atoms with Gasteiger partial charge in [-0.25, -0.2) is 0 Å². The molecule has 0 radical (unpaired) electrons. The van der Waals surface area contributed by atoms with Crippen molar-refractivity contribution in [1.82, 2.24) is 4.98 Å². The molecule has 0 bridgehead atoms. The SMILES string of the molecule is CCC[PH+](CCC)CCC.Cc1cccc(CC[CH]=[Ru]([Cl])[Cl])n1. The van der Waals surface area contributed by atoms with E-state index in [0.717, 1.165) is 24.2 Å². The van der Waals surface area contributed by atoms with Crippen molar-refractivity contribution in [3.63, 3.8) is 0 Å². The summed E-state index contributed by atoms with van der Waals surface area (Å²) in [5.74, 6) is 0. The standard InChI is InChI=1S/C9H11N.C9H21P.2ClH.Ru/c1-3-5-9-7-4-6-8(2)10-9;1-4-7-10(8-5-2)9-6-3;;;/h1,4,6-7H,3,5H2,2H3;4-9H2,1-3H3;2*1H;/q;;;;+2/p-1. The van der Waals surface area contributed by atoms with Crippen molar-refractivity contribution in [2.75, 3.05) is 18.5 Å². The molecule has 1 aromatic heterocycles. The van der Waals surface area contributed by atoms with Gasteiger partial charge in [0.2, 0.25) is 0 Å². The fourth-order valence-electron chi connectivity index (χ4n) is 2.45. The molecular weight excluding hydrogens is 433 g/mol. The van der Waals surface area contributed by atoms with Crippen LogP contribution in [0.5, 0.6) is 0 Å². The molecule has 0 atom stereocenters. The van der Waals surface area contributed by atoms with Gasteiger partial charge in [0.1, 0.15) is 0 Å². The molecule has 0 saturated carbocycles. The topological polar surface area (TPSA) is 12.9 Å². The fraction of sp³-hybridized carbons (Fsp3) is 0.667. The van der Waals surface area contributed by atoms with Crippen LogP contribution in [0.4, 0.5) is 0 Å². The zero-order chi connectivity index (χ0) is 17.5. The van der Waals surface area contributed by atoms with Crippen LogP contribution in [0.15, 0.2) is 18.2 Å². The molecule has 0 fully saturated rings. The van der Waals surface area contributed by atoms with Crippen molar-refractivity contribution in [2.45, 2.75) is 59.8 Å². The molecule has 23 heavy (non-hydrogen) atoms. The summed E-state index contributed by atoms with van der Waals surface area (Å²) >= 11 is -1.57. The number of hydrogen-bond acceptors (Lipinski definition) is 1. The molecule has 0 N–H and O–H groups in total. The maximum absolute atomic E-state index is 5.71. The molecule has 0 aliphatic heterocycles. The molecule has 1 heterocycles. The Morgan fingerprint density at radius 3 is 2.04 bits per heavy atom. The molecule has 0 saturated heterocycles. The first-order valence-electron chi connectivity index (χ1n) is 8.61. The van der Waals surface area contributed by atoms with E-state index in [1.165, 1.54) is 19.3 Å². The van der Waals surface area contributed by atoms with Crippen LogP contribution in [0.25, 0.3) is 0 Å². The van der Waals surface area contributed by atoms with Crippen LogP contribution in [0.3, 0.4) is 0 Å². The van der Waals surface area contributed by atoms with E-state index >= 15 is 0 Å². The molecule has 0 amide bonds. The van der Waals surface area contributed by atoms with Crippen LogP contribution < -0.4 is 0 Å². The third-order valence-electron chi connectivity index (χ3n) is 3.37. The van der Waals surface area contributed by atoms with Crippen LogP contribution in [-0.4, -0.2) is 28.1 Å². The van der Waals surface area contributed by atoms with Gasteiger partial charge in [-0.3, -0.25) is 0 Å². The van der Waals surface area contributed by atoms with Gasteiger partial charge in [-0.1, -0.05) is 20.8 Å². The zero-order valence-electron chi connectivity index (χ0n) is 15.0. The quantitative estimate of drug-likeness (QED) is 0.300. The Morgan fingerprint density at radius 1 is 1.04 bits per heavy atom. The average Bonchev–Trinajstić information content (AvgIpc) is 2.48. The van der Waals surface area contributed by atoms with Crippen LogP contribution in [-0.2, 0) is 19.9 Å². The summed E-state index contributed by atoms with van der Waals surface area (Å²) in [6, 6.07) is 6.04. The van der Waals surface area contributed by atoms with Gasteiger partial charge in [0, 0.05) is 7.92 Å². The molecule has 5 heteroatoms.